The molecule has 1 saturated heterocycles. The lowest BCUT2D eigenvalue weighted by Crippen LogP contribution is -2.43. The molecule has 1 fully saturated rings. The van der Waals surface area contributed by atoms with E-state index in [1.807, 2.05) is 6.07 Å². The number of hydrogen-bond acceptors (Lipinski definition) is 3. The first-order valence-electron chi connectivity index (χ1n) is 11.4. The fourth-order valence-corrected chi connectivity index (χ4v) is 4.09. The third-order valence-electron chi connectivity index (χ3n) is 5.97. The second-order valence-corrected chi connectivity index (χ2v) is 9.28. The maximum absolute atomic E-state index is 14.0. The Balaban J connectivity index is 1.70. The largest absolute Gasteiger partial charge is 0.494 e. The molecule has 0 radical (unpaired) electrons. The van der Waals surface area contributed by atoms with Crippen LogP contribution < -0.4 is 10.2 Å². The van der Waals surface area contributed by atoms with Gasteiger partial charge in [-0.05, 0) is 54.8 Å². The molecule has 1 heterocycles. The van der Waals surface area contributed by atoms with Crippen molar-refractivity contribution in [1.82, 2.24) is 10.4 Å². The standard InChI is InChI=1S/C25H33F3N2O2/c1-4-5-6-7-8-9-14-32-21-13-12-18-15-20(11-10-19(18)16-21)22(25(26,27)28)30-17-24(2,3)23(31)29-30/h10-13,15-16,22H,4-9,14,17H2,1-3H3,(H,29,31). The number of halogens is 3. The van der Waals surface area contributed by atoms with E-state index in [2.05, 4.69) is 12.3 Å². The maximum atomic E-state index is 14.0. The van der Waals surface area contributed by atoms with Gasteiger partial charge in [0, 0.05) is 6.54 Å². The fraction of sp³-hybridized carbons (Fsp3) is 0.560. The minimum atomic E-state index is -4.53. The molecule has 32 heavy (non-hydrogen) atoms. The van der Waals surface area contributed by atoms with Crippen molar-refractivity contribution in [2.75, 3.05) is 13.2 Å². The number of nitrogens with zero attached hydrogens (tertiary/aromatic N) is 1. The van der Waals surface area contributed by atoms with Gasteiger partial charge >= 0.3 is 6.18 Å². The summed E-state index contributed by atoms with van der Waals surface area (Å²) in [6, 6.07) is 8.25. The molecule has 2 aromatic carbocycles. The van der Waals surface area contributed by atoms with E-state index in [0.717, 1.165) is 29.0 Å². The molecule has 1 N–H and O–H groups in total. The molecule has 3 rings (SSSR count). The summed E-state index contributed by atoms with van der Waals surface area (Å²) >= 11 is 0. The number of rotatable bonds is 10. The summed E-state index contributed by atoms with van der Waals surface area (Å²) < 4.78 is 47.7. The van der Waals surface area contributed by atoms with Crippen LogP contribution in [-0.4, -0.2) is 30.2 Å². The summed E-state index contributed by atoms with van der Waals surface area (Å²) in [6.45, 7) is 6.10. The fourth-order valence-electron chi connectivity index (χ4n) is 4.09. The molecule has 7 heteroatoms. The molecule has 0 spiro atoms. The van der Waals surface area contributed by atoms with Crippen LogP contribution in [0.25, 0.3) is 10.8 Å². The lowest BCUT2D eigenvalue weighted by Gasteiger charge is -2.30. The minimum absolute atomic E-state index is 0.0146. The second-order valence-electron chi connectivity index (χ2n) is 9.28. The van der Waals surface area contributed by atoms with E-state index in [9.17, 15) is 18.0 Å². The van der Waals surface area contributed by atoms with Crippen molar-refractivity contribution in [3.05, 3.63) is 42.0 Å². The monoisotopic (exact) mass is 450 g/mol. The van der Waals surface area contributed by atoms with Crippen LogP contribution in [0.15, 0.2) is 36.4 Å². The highest BCUT2D eigenvalue weighted by atomic mass is 19.4. The summed E-state index contributed by atoms with van der Waals surface area (Å²) in [5.74, 6) is 0.319. The summed E-state index contributed by atoms with van der Waals surface area (Å²) in [5, 5.41) is 2.52. The van der Waals surface area contributed by atoms with Crippen LogP contribution in [0.3, 0.4) is 0 Å². The van der Waals surface area contributed by atoms with Crippen molar-refractivity contribution in [2.45, 2.75) is 71.5 Å². The van der Waals surface area contributed by atoms with Crippen LogP contribution in [0.4, 0.5) is 13.2 Å². The second kappa shape index (κ2) is 10.1. The topological polar surface area (TPSA) is 41.6 Å². The van der Waals surface area contributed by atoms with E-state index in [-0.39, 0.29) is 12.1 Å². The molecule has 1 unspecified atom stereocenters. The molecule has 2 aromatic rings. The van der Waals surface area contributed by atoms with Crippen LogP contribution >= 0.6 is 0 Å². The molecule has 1 amide bonds. The molecule has 0 bridgehead atoms. The third kappa shape index (κ3) is 5.94. The van der Waals surface area contributed by atoms with Crippen LogP contribution in [0.2, 0.25) is 0 Å². The van der Waals surface area contributed by atoms with Gasteiger partial charge in [0.15, 0.2) is 0 Å². The summed E-state index contributed by atoms with van der Waals surface area (Å²) in [5.41, 5.74) is 1.63. The number of amides is 1. The number of carbonyl (C=O) groups excluding carboxylic acids is 1. The van der Waals surface area contributed by atoms with Gasteiger partial charge in [-0.15, -0.1) is 0 Å². The Morgan fingerprint density at radius 3 is 2.34 bits per heavy atom. The summed E-state index contributed by atoms with van der Waals surface area (Å²) in [4.78, 5) is 12.1. The average Bonchev–Trinajstić information content (AvgIpc) is 2.98. The van der Waals surface area contributed by atoms with Crippen LogP contribution in [0.1, 0.15) is 70.9 Å². The number of fused-ring (bicyclic) bond motifs is 1. The van der Waals surface area contributed by atoms with Crippen molar-refractivity contribution in [1.29, 1.82) is 0 Å². The van der Waals surface area contributed by atoms with E-state index >= 15 is 0 Å². The smallest absolute Gasteiger partial charge is 0.409 e. The maximum Gasteiger partial charge on any atom is 0.409 e. The highest BCUT2D eigenvalue weighted by Crippen LogP contribution is 2.41. The number of ether oxygens (including phenoxy) is 1. The molecular formula is C25H33F3N2O2. The van der Waals surface area contributed by atoms with E-state index in [0.29, 0.717) is 12.0 Å². The molecule has 1 atom stereocenters. The summed E-state index contributed by atoms with van der Waals surface area (Å²) in [6.07, 6.45) is 2.57. The third-order valence-corrected chi connectivity index (χ3v) is 5.97. The van der Waals surface area contributed by atoms with Gasteiger partial charge in [-0.1, -0.05) is 57.2 Å². The van der Waals surface area contributed by atoms with Crippen LogP contribution in [-0.2, 0) is 4.79 Å². The predicted octanol–water partition coefficient (Wildman–Crippen LogP) is 6.56. The number of hydrogen-bond donors (Lipinski definition) is 1. The Labute approximate surface area is 188 Å². The van der Waals surface area contributed by atoms with Gasteiger partial charge in [-0.25, -0.2) is 5.01 Å². The Hall–Kier alpha value is -2.28. The first-order valence-corrected chi connectivity index (χ1v) is 11.4. The number of carbonyl (C=O) groups is 1. The van der Waals surface area contributed by atoms with Gasteiger partial charge in [0.05, 0.1) is 12.0 Å². The molecular weight excluding hydrogens is 417 g/mol. The van der Waals surface area contributed by atoms with Crippen molar-refractivity contribution in [3.8, 4) is 5.75 Å². The molecule has 1 aliphatic rings. The van der Waals surface area contributed by atoms with E-state index in [1.54, 1.807) is 38.1 Å². The zero-order valence-electron chi connectivity index (χ0n) is 19.1. The highest BCUT2D eigenvalue weighted by Gasteiger charge is 2.51. The van der Waals surface area contributed by atoms with E-state index in [4.69, 9.17) is 4.74 Å². The zero-order valence-corrected chi connectivity index (χ0v) is 19.1. The van der Waals surface area contributed by atoms with Gasteiger partial charge in [0.1, 0.15) is 11.8 Å². The van der Waals surface area contributed by atoms with Crippen LogP contribution in [0, 0.1) is 5.41 Å². The Bertz CT molecular complexity index is 927. The Morgan fingerprint density at radius 2 is 1.69 bits per heavy atom. The van der Waals surface area contributed by atoms with Crippen LogP contribution in [0.5, 0.6) is 5.75 Å². The minimum Gasteiger partial charge on any atom is -0.494 e. The van der Waals surface area contributed by atoms with Gasteiger partial charge < -0.3 is 4.74 Å². The van der Waals surface area contributed by atoms with E-state index < -0.39 is 23.5 Å². The molecule has 176 valence electrons. The average molecular weight is 451 g/mol. The van der Waals surface area contributed by atoms with Crippen molar-refractivity contribution in [3.63, 3.8) is 0 Å². The van der Waals surface area contributed by atoms with Crippen molar-refractivity contribution < 1.29 is 22.7 Å². The number of unbranched alkanes of at least 4 members (excludes halogenated alkanes) is 5. The normalized spacial score (nSPS) is 17.5. The van der Waals surface area contributed by atoms with Gasteiger partial charge in [-0.2, -0.15) is 13.2 Å². The number of alkyl halides is 3. The van der Waals surface area contributed by atoms with Gasteiger partial charge in [0.2, 0.25) is 5.91 Å². The Morgan fingerprint density at radius 1 is 1.03 bits per heavy atom. The number of nitrogens with one attached hydrogen (secondary N) is 1. The number of hydrazine groups is 1. The zero-order chi connectivity index (χ0) is 23.4. The lowest BCUT2D eigenvalue weighted by molar-refractivity contribution is -0.191. The molecule has 0 aliphatic carbocycles. The quantitative estimate of drug-likeness (QED) is 0.417. The molecule has 0 saturated carbocycles. The lowest BCUT2D eigenvalue weighted by atomic mass is 9.93. The van der Waals surface area contributed by atoms with Crippen molar-refractivity contribution in [2.24, 2.45) is 5.41 Å². The Kier molecular flexibility index (Phi) is 7.70. The van der Waals surface area contributed by atoms with Gasteiger partial charge in [-0.3, -0.25) is 10.2 Å². The summed E-state index contributed by atoms with van der Waals surface area (Å²) in [7, 11) is 0. The molecule has 0 aromatic heterocycles. The van der Waals surface area contributed by atoms with Gasteiger partial charge in [0.25, 0.3) is 0 Å². The molecule has 4 nitrogen and oxygen atoms in total. The van der Waals surface area contributed by atoms with Crippen molar-refractivity contribution >= 4 is 16.7 Å². The first kappa shape index (κ1) is 24.4. The highest BCUT2D eigenvalue weighted by molar-refractivity contribution is 5.85. The van der Waals surface area contributed by atoms with E-state index in [1.165, 1.54) is 31.7 Å². The first-order chi connectivity index (χ1) is 15.1. The number of benzene rings is 2. The molecule has 1 aliphatic heterocycles. The predicted molar refractivity (Wildman–Crippen MR) is 120 cm³/mol. The SMILES string of the molecule is CCCCCCCCOc1ccc2cc(C(N3CC(C)(C)C(=O)N3)C(F)(F)F)ccc2c1.